The molecule has 1 aliphatic heterocycles. The fourth-order valence-corrected chi connectivity index (χ4v) is 3.15. The lowest BCUT2D eigenvalue weighted by Gasteiger charge is -2.26. The minimum Gasteiger partial charge on any atom is -0.381 e. The van der Waals surface area contributed by atoms with Gasteiger partial charge in [0, 0.05) is 24.1 Å². The van der Waals surface area contributed by atoms with Gasteiger partial charge >= 0.3 is 0 Å². The monoisotopic (exact) mass is 239 g/mol. The van der Waals surface area contributed by atoms with Crippen LogP contribution in [-0.2, 0) is 11.2 Å². The van der Waals surface area contributed by atoms with Crippen LogP contribution in [-0.4, -0.2) is 26.3 Å². The Morgan fingerprint density at radius 1 is 1.50 bits per heavy atom. The van der Waals surface area contributed by atoms with Crippen molar-refractivity contribution in [3.8, 4) is 0 Å². The molecule has 0 radical (unpaired) electrons. The van der Waals surface area contributed by atoms with Crippen molar-refractivity contribution in [3.05, 3.63) is 22.4 Å². The molecule has 1 aromatic rings. The molecule has 2 rings (SSSR count). The molecule has 0 saturated carbocycles. The molecule has 3 heteroatoms. The van der Waals surface area contributed by atoms with E-state index < -0.39 is 0 Å². The highest BCUT2D eigenvalue weighted by molar-refractivity contribution is 7.09. The number of rotatable bonds is 5. The van der Waals surface area contributed by atoms with Crippen molar-refractivity contribution in [2.24, 2.45) is 5.92 Å². The number of hydrogen-bond acceptors (Lipinski definition) is 3. The van der Waals surface area contributed by atoms with Gasteiger partial charge in [0.2, 0.25) is 0 Å². The van der Waals surface area contributed by atoms with Crippen LogP contribution in [0.15, 0.2) is 17.5 Å². The van der Waals surface area contributed by atoms with Crippen molar-refractivity contribution in [1.29, 1.82) is 0 Å². The highest BCUT2D eigenvalue weighted by atomic mass is 32.1. The van der Waals surface area contributed by atoms with Gasteiger partial charge in [-0.1, -0.05) is 6.07 Å². The summed E-state index contributed by atoms with van der Waals surface area (Å²) in [6, 6.07) is 5.00. The van der Waals surface area contributed by atoms with Crippen LogP contribution in [0.4, 0.5) is 0 Å². The molecule has 90 valence electrons. The summed E-state index contributed by atoms with van der Waals surface area (Å²) in [6.45, 7) is 1.92. The number of likely N-dealkylation sites (N-methyl/N-ethyl adjacent to an activating group) is 1. The summed E-state index contributed by atoms with van der Waals surface area (Å²) in [5.41, 5.74) is 0. The average Bonchev–Trinajstić information content (AvgIpc) is 2.82. The maximum atomic E-state index is 5.40. The van der Waals surface area contributed by atoms with E-state index >= 15 is 0 Å². The number of nitrogens with one attached hydrogen (secondary N) is 1. The van der Waals surface area contributed by atoms with E-state index in [-0.39, 0.29) is 0 Å². The van der Waals surface area contributed by atoms with Gasteiger partial charge in [0.1, 0.15) is 0 Å². The molecule has 1 fully saturated rings. The maximum absolute atomic E-state index is 5.40. The summed E-state index contributed by atoms with van der Waals surface area (Å²) in [4.78, 5) is 1.49. The van der Waals surface area contributed by atoms with E-state index in [4.69, 9.17) is 4.74 Å². The van der Waals surface area contributed by atoms with Crippen LogP contribution in [0, 0.1) is 5.92 Å². The zero-order chi connectivity index (χ0) is 11.2. The van der Waals surface area contributed by atoms with Crippen LogP contribution in [0.2, 0.25) is 0 Å². The standard InChI is InChI=1S/C13H21NOS/c1-14-12(10-13-3-2-8-16-13)9-11-4-6-15-7-5-11/h2-3,8,11-12,14H,4-7,9-10H2,1H3. The largest absolute Gasteiger partial charge is 0.381 e. The normalized spacial score (nSPS) is 19.8. The van der Waals surface area contributed by atoms with Crippen molar-refractivity contribution >= 4 is 11.3 Å². The van der Waals surface area contributed by atoms with Crippen molar-refractivity contribution < 1.29 is 4.74 Å². The third-order valence-corrected chi connectivity index (χ3v) is 4.29. The van der Waals surface area contributed by atoms with Crippen LogP contribution in [0.3, 0.4) is 0 Å². The van der Waals surface area contributed by atoms with Gasteiger partial charge in [0.15, 0.2) is 0 Å². The molecule has 1 saturated heterocycles. The number of hydrogen-bond donors (Lipinski definition) is 1. The topological polar surface area (TPSA) is 21.3 Å². The maximum Gasteiger partial charge on any atom is 0.0468 e. The summed E-state index contributed by atoms with van der Waals surface area (Å²) >= 11 is 1.86. The second-order valence-electron chi connectivity index (χ2n) is 4.56. The molecule has 2 heterocycles. The van der Waals surface area contributed by atoms with Gasteiger partial charge in [0.05, 0.1) is 0 Å². The van der Waals surface area contributed by atoms with E-state index in [9.17, 15) is 0 Å². The summed E-state index contributed by atoms with van der Waals surface area (Å²) < 4.78 is 5.40. The zero-order valence-electron chi connectivity index (χ0n) is 9.95. The molecule has 0 spiro atoms. The Hall–Kier alpha value is -0.380. The van der Waals surface area contributed by atoms with Crippen LogP contribution in [0.5, 0.6) is 0 Å². The first-order valence-corrected chi connectivity index (χ1v) is 7.04. The average molecular weight is 239 g/mol. The molecule has 1 N–H and O–H groups in total. The summed E-state index contributed by atoms with van der Waals surface area (Å²) in [5, 5.41) is 5.62. The second-order valence-corrected chi connectivity index (χ2v) is 5.59. The Labute approximate surface area is 102 Å². The third-order valence-electron chi connectivity index (χ3n) is 3.39. The van der Waals surface area contributed by atoms with Crippen LogP contribution in [0.25, 0.3) is 0 Å². The van der Waals surface area contributed by atoms with Gasteiger partial charge in [-0.25, -0.2) is 0 Å². The van der Waals surface area contributed by atoms with Crippen molar-refractivity contribution in [1.82, 2.24) is 5.32 Å². The minimum absolute atomic E-state index is 0.627. The molecule has 16 heavy (non-hydrogen) atoms. The van der Waals surface area contributed by atoms with Gasteiger partial charge in [0.25, 0.3) is 0 Å². The number of ether oxygens (including phenoxy) is 1. The molecule has 2 nitrogen and oxygen atoms in total. The summed E-state index contributed by atoms with van der Waals surface area (Å²) in [7, 11) is 2.08. The third kappa shape index (κ3) is 3.58. The summed E-state index contributed by atoms with van der Waals surface area (Å²) in [5.74, 6) is 0.853. The van der Waals surface area contributed by atoms with E-state index in [0.717, 1.165) is 19.1 Å². The van der Waals surface area contributed by atoms with Gasteiger partial charge in [-0.05, 0) is 50.1 Å². The Morgan fingerprint density at radius 2 is 2.31 bits per heavy atom. The quantitative estimate of drug-likeness (QED) is 0.853. The van der Waals surface area contributed by atoms with E-state index in [2.05, 4.69) is 29.9 Å². The molecule has 1 aromatic heterocycles. The highest BCUT2D eigenvalue weighted by Crippen LogP contribution is 2.22. The minimum atomic E-state index is 0.627. The van der Waals surface area contributed by atoms with Crippen LogP contribution >= 0.6 is 11.3 Å². The lowest BCUT2D eigenvalue weighted by atomic mass is 9.91. The Kier molecular flexibility index (Phi) is 4.82. The van der Waals surface area contributed by atoms with Gasteiger partial charge in [-0.2, -0.15) is 0 Å². The van der Waals surface area contributed by atoms with E-state index in [1.807, 2.05) is 11.3 Å². The predicted molar refractivity (Wildman–Crippen MR) is 69.0 cm³/mol. The van der Waals surface area contributed by atoms with Crippen molar-refractivity contribution in [2.45, 2.75) is 31.7 Å². The smallest absolute Gasteiger partial charge is 0.0468 e. The fourth-order valence-electron chi connectivity index (χ4n) is 2.36. The van der Waals surface area contributed by atoms with E-state index in [1.165, 1.54) is 30.6 Å². The fraction of sp³-hybridized carbons (Fsp3) is 0.692. The highest BCUT2D eigenvalue weighted by Gasteiger charge is 2.18. The van der Waals surface area contributed by atoms with Gasteiger partial charge in [-0.3, -0.25) is 0 Å². The van der Waals surface area contributed by atoms with E-state index in [0.29, 0.717) is 6.04 Å². The van der Waals surface area contributed by atoms with Gasteiger partial charge < -0.3 is 10.1 Å². The lowest BCUT2D eigenvalue weighted by molar-refractivity contribution is 0.0609. The SMILES string of the molecule is CNC(Cc1cccs1)CC1CCOCC1. The number of thiophene rings is 1. The van der Waals surface area contributed by atoms with E-state index in [1.54, 1.807) is 0 Å². The lowest BCUT2D eigenvalue weighted by Crippen LogP contribution is -2.31. The molecular formula is C13H21NOS. The van der Waals surface area contributed by atoms with Crippen molar-refractivity contribution in [3.63, 3.8) is 0 Å². The molecule has 0 amide bonds. The predicted octanol–water partition coefficient (Wildman–Crippen LogP) is 2.70. The summed E-state index contributed by atoms with van der Waals surface area (Å²) in [6.07, 6.45) is 4.94. The molecular weight excluding hydrogens is 218 g/mol. The first kappa shape index (κ1) is 12.1. The molecule has 0 aromatic carbocycles. The Balaban J connectivity index is 1.80. The van der Waals surface area contributed by atoms with Crippen LogP contribution in [0.1, 0.15) is 24.1 Å². The molecule has 0 aliphatic carbocycles. The van der Waals surface area contributed by atoms with Crippen molar-refractivity contribution in [2.75, 3.05) is 20.3 Å². The first-order chi connectivity index (χ1) is 7.88. The Bertz CT molecular complexity index is 280. The first-order valence-electron chi connectivity index (χ1n) is 6.16. The van der Waals surface area contributed by atoms with Crippen LogP contribution < -0.4 is 5.32 Å². The zero-order valence-corrected chi connectivity index (χ0v) is 10.8. The molecule has 1 unspecified atom stereocenters. The Morgan fingerprint density at radius 3 is 2.94 bits per heavy atom. The second kappa shape index (κ2) is 6.38. The molecule has 1 aliphatic rings. The molecule has 0 bridgehead atoms. The molecule has 1 atom stereocenters. The van der Waals surface area contributed by atoms with Gasteiger partial charge in [-0.15, -0.1) is 11.3 Å².